The third-order valence-electron chi connectivity index (χ3n) is 3.29. The molecule has 7 heteroatoms. The van der Waals surface area contributed by atoms with Crippen molar-refractivity contribution in [3.63, 3.8) is 0 Å². The first kappa shape index (κ1) is 15.1. The van der Waals surface area contributed by atoms with E-state index in [0.29, 0.717) is 11.6 Å². The third-order valence-corrected chi connectivity index (χ3v) is 3.29. The molecule has 2 heterocycles. The second-order valence-electron chi connectivity index (χ2n) is 4.86. The summed E-state index contributed by atoms with van der Waals surface area (Å²) in [5, 5.41) is 2.93. The van der Waals surface area contributed by atoms with Gasteiger partial charge in [0.2, 0.25) is 0 Å². The molecule has 118 valence electrons. The minimum Gasteiger partial charge on any atom is -0.366 e. The highest BCUT2D eigenvalue weighted by Gasteiger charge is 2.32. The summed E-state index contributed by atoms with van der Waals surface area (Å²) in [5.41, 5.74) is -0.465. The van der Waals surface area contributed by atoms with E-state index in [2.05, 4.69) is 15.3 Å². The standard InChI is InChI=1S/C16H13F3N4/c17-16(18,19)13-5-2-1-4-12(13)10-21-14-6-3-7-15(22-14)23-9-8-20-11-23/h1-9,11H,10H2,(H,21,22). The summed E-state index contributed by atoms with van der Waals surface area (Å²) in [4.78, 5) is 8.29. The smallest absolute Gasteiger partial charge is 0.366 e. The molecule has 2 aromatic heterocycles. The molecule has 3 rings (SSSR count). The second-order valence-corrected chi connectivity index (χ2v) is 4.86. The lowest BCUT2D eigenvalue weighted by atomic mass is 10.1. The van der Waals surface area contributed by atoms with Gasteiger partial charge in [0.25, 0.3) is 0 Å². The van der Waals surface area contributed by atoms with Gasteiger partial charge in [-0.25, -0.2) is 9.97 Å². The molecule has 0 radical (unpaired) electrons. The van der Waals surface area contributed by atoms with E-state index in [9.17, 15) is 13.2 Å². The average Bonchev–Trinajstić information content (AvgIpc) is 3.07. The van der Waals surface area contributed by atoms with Crippen LogP contribution < -0.4 is 5.32 Å². The Bertz CT molecular complexity index is 782. The molecular weight excluding hydrogens is 305 g/mol. The summed E-state index contributed by atoms with van der Waals surface area (Å²) in [7, 11) is 0. The summed E-state index contributed by atoms with van der Waals surface area (Å²) in [6.07, 6.45) is 0.599. The average molecular weight is 318 g/mol. The number of alkyl halides is 3. The van der Waals surface area contributed by atoms with Crippen molar-refractivity contribution in [2.24, 2.45) is 0 Å². The number of imidazole rings is 1. The Balaban J connectivity index is 1.78. The number of aromatic nitrogens is 3. The zero-order chi connectivity index (χ0) is 16.3. The predicted molar refractivity (Wildman–Crippen MR) is 80.1 cm³/mol. The van der Waals surface area contributed by atoms with Crippen LogP contribution in [0.2, 0.25) is 0 Å². The molecule has 0 amide bonds. The SMILES string of the molecule is FC(F)(F)c1ccccc1CNc1cccc(-n2ccnc2)n1. The minimum absolute atomic E-state index is 0.0378. The van der Waals surface area contributed by atoms with Gasteiger partial charge in [-0.05, 0) is 23.8 Å². The number of pyridine rings is 1. The van der Waals surface area contributed by atoms with Crippen molar-refractivity contribution in [3.05, 3.63) is 72.3 Å². The Hall–Kier alpha value is -2.83. The van der Waals surface area contributed by atoms with E-state index in [1.54, 1.807) is 47.6 Å². The lowest BCUT2D eigenvalue weighted by molar-refractivity contribution is -0.138. The quantitative estimate of drug-likeness (QED) is 0.793. The van der Waals surface area contributed by atoms with Crippen LogP contribution in [0, 0.1) is 0 Å². The lowest BCUT2D eigenvalue weighted by Gasteiger charge is -2.14. The van der Waals surface area contributed by atoms with Gasteiger partial charge in [0.15, 0.2) is 0 Å². The monoisotopic (exact) mass is 318 g/mol. The molecule has 0 saturated heterocycles. The number of anilines is 1. The Morgan fingerprint density at radius 2 is 1.87 bits per heavy atom. The van der Waals surface area contributed by atoms with Crippen LogP contribution in [0.1, 0.15) is 11.1 Å². The molecule has 0 aliphatic heterocycles. The Kier molecular flexibility index (Phi) is 4.01. The van der Waals surface area contributed by atoms with E-state index in [-0.39, 0.29) is 12.1 Å². The van der Waals surface area contributed by atoms with Gasteiger partial charge in [0, 0.05) is 18.9 Å². The van der Waals surface area contributed by atoms with Gasteiger partial charge in [-0.1, -0.05) is 24.3 Å². The molecule has 23 heavy (non-hydrogen) atoms. The van der Waals surface area contributed by atoms with Gasteiger partial charge in [0.05, 0.1) is 5.56 Å². The zero-order valence-electron chi connectivity index (χ0n) is 12.0. The number of halogens is 3. The molecule has 0 spiro atoms. The molecule has 0 atom stereocenters. The van der Waals surface area contributed by atoms with E-state index in [1.165, 1.54) is 12.1 Å². The first-order valence-corrected chi connectivity index (χ1v) is 6.88. The van der Waals surface area contributed by atoms with Crippen molar-refractivity contribution in [3.8, 4) is 5.82 Å². The number of rotatable bonds is 4. The largest absolute Gasteiger partial charge is 0.416 e. The van der Waals surface area contributed by atoms with Crippen molar-refractivity contribution >= 4 is 5.82 Å². The van der Waals surface area contributed by atoms with Crippen molar-refractivity contribution in [2.75, 3.05) is 5.32 Å². The van der Waals surface area contributed by atoms with E-state index < -0.39 is 11.7 Å². The molecule has 1 aromatic carbocycles. The van der Waals surface area contributed by atoms with Gasteiger partial charge in [-0.15, -0.1) is 0 Å². The predicted octanol–water partition coefficient (Wildman–Crippen LogP) is 3.90. The number of benzene rings is 1. The lowest BCUT2D eigenvalue weighted by Crippen LogP contribution is -2.12. The van der Waals surface area contributed by atoms with Crippen LogP contribution in [0.4, 0.5) is 19.0 Å². The molecule has 1 N–H and O–H groups in total. The van der Waals surface area contributed by atoms with Crippen LogP contribution in [-0.2, 0) is 12.7 Å². The first-order chi connectivity index (χ1) is 11.0. The fourth-order valence-electron chi connectivity index (χ4n) is 2.20. The maximum absolute atomic E-state index is 13.0. The van der Waals surface area contributed by atoms with E-state index in [0.717, 1.165) is 6.07 Å². The van der Waals surface area contributed by atoms with E-state index in [1.807, 2.05) is 0 Å². The Labute approximate surface area is 130 Å². The molecule has 0 saturated carbocycles. The van der Waals surface area contributed by atoms with Crippen LogP contribution in [0.25, 0.3) is 5.82 Å². The van der Waals surface area contributed by atoms with Gasteiger partial charge >= 0.3 is 6.18 Å². The molecule has 3 aromatic rings. The summed E-state index contributed by atoms with van der Waals surface area (Å²) < 4.78 is 40.6. The summed E-state index contributed by atoms with van der Waals surface area (Å²) >= 11 is 0. The van der Waals surface area contributed by atoms with Crippen LogP contribution in [0.15, 0.2) is 61.2 Å². The van der Waals surface area contributed by atoms with Gasteiger partial charge in [-0.2, -0.15) is 13.2 Å². The Morgan fingerprint density at radius 3 is 2.61 bits per heavy atom. The zero-order valence-corrected chi connectivity index (χ0v) is 12.0. The minimum atomic E-state index is -4.37. The maximum atomic E-state index is 13.0. The van der Waals surface area contributed by atoms with E-state index >= 15 is 0 Å². The molecule has 0 fully saturated rings. The summed E-state index contributed by atoms with van der Waals surface area (Å²) in [6.45, 7) is 0.0378. The van der Waals surface area contributed by atoms with Crippen molar-refractivity contribution in [2.45, 2.75) is 12.7 Å². The topological polar surface area (TPSA) is 42.7 Å². The maximum Gasteiger partial charge on any atom is 0.416 e. The highest BCUT2D eigenvalue weighted by atomic mass is 19.4. The van der Waals surface area contributed by atoms with Gasteiger partial charge in [0.1, 0.15) is 18.0 Å². The van der Waals surface area contributed by atoms with Gasteiger partial charge < -0.3 is 5.32 Å². The highest BCUT2D eigenvalue weighted by Crippen LogP contribution is 2.32. The van der Waals surface area contributed by atoms with Crippen LogP contribution in [0.3, 0.4) is 0 Å². The highest BCUT2D eigenvalue weighted by molar-refractivity contribution is 5.41. The molecule has 4 nitrogen and oxygen atoms in total. The first-order valence-electron chi connectivity index (χ1n) is 6.88. The molecule has 0 bridgehead atoms. The molecule has 0 aliphatic rings. The second kappa shape index (κ2) is 6.12. The third kappa shape index (κ3) is 3.50. The fourth-order valence-corrected chi connectivity index (χ4v) is 2.20. The number of hydrogen-bond donors (Lipinski definition) is 1. The molecule has 0 aliphatic carbocycles. The van der Waals surface area contributed by atoms with E-state index in [4.69, 9.17) is 0 Å². The normalized spacial score (nSPS) is 11.4. The van der Waals surface area contributed by atoms with Crippen molar-refractivity contribution in [1.29, 1.82) is 0 Å². The molecule has 0 unspecified atom stereocenters. The number of nitrogens with zero attached hydrogens (tertiary/aromatic N) is 3. The summed E-state index contributed by atoms with van der Waals surface area (Å²) in [5.74, 6) is 1.13. The van der Waals surface area contributed by atoms with Gasteiger partial charge in [-0.3, -0.25) is 4.57 Å². The molecular formula is C16H13F3N4. The fraction of sp³-hybridized carbons (Fsp3) is 0.125. The van der Waals surface area contributed by atoms with Crippen LogP contribution in [0.5, 0.6) is 0 Å². The van der Waals surface area contributed by atoms with Crippen LogP contribution >= 0.6 is 0 Å². The van der Waals surface area contributed by atoms with Crippen molar-refractivity contribution < 1.29 is 13.2 Å². The number of hydrogen-bond acceptors (Lipinski definition) is 3. The van der Waals surface area contributed by atoms with Crippen molar-refractivity contribution in [1.82, 2.24) is 14.5 Å². The van der Waals surface area contributed by atoms with Crippen LogP contribution in [-0.4, -0.2) is 14.5 Å². The number of nitrogens with one attached hydrogen (secondary N) is 1. The Morgan fingerprint density at radius 1 is 1.04 bits per heavy atom. The summed E-state index contributed by atoms with van der Waals surface area (Å²) in [6, 6.07) is 10.8.